The fourth-order valence-electron chi connectivity index (χ4n) is 8.76. The average Bonchev–Trinajstić information content (AvgIpc) is 3.42. The van der Waals surface area contributed by atoms with Gasteiger partial charge in [-0.15, -0.1) is 0 Å². The summed E-state index contributed by atoms with van der Waals surface area (Å²) in [6, 6.07) is 0.258. The van der Waals surface area contributed by atoms with Gasteiger partial charge in [0, 0.05) is 29.9 Å². The van der Waals surface area contributed by atoms with E-state index in [0.717, 1.165) is 48.1 Å². The van der Waals surface area contributed by atoms with Gasteiger partial charge in [-0.3, -0.25) is 4.79 Å². The zero-order valence-corrected chi connectivity index (χ0v) is 21.0. The number of aromatic nitrogens is 2. The molecule has 1 atom stereocenters. The summed E-state index contributed by atoms with van der Waals surface area (Å²) in [4.78, 5) is 20.9. The zero-order valence-electron chi connectivity index (χ0n) is 20.2. The Morgan fingerprint density at radius 3 is 2.28 bits per heavy atom. The van der Waals surface area contributed by atoms with Gasteiger partial charge in [0.25, 0.3) is 0 Å². The van der Waals surface area contributed by atoms with Crippen LogP contribution >= 0.6 is 11.5 Å². The third kappa shape index (κ3) is 3.50. The van der Waals surface area contributed by atoms with Crippen molar-refractivity contribution < 1.29 is 4.79 Å². The minimum atomic E-state index is -0.0250. The second-order valence-electron chi connectivity index (χ2n) is 13.1. The van der Waals surface area contributed by atoms with Gasteiger partial charge in [0.1, 0.15) is 5.82 Å². The third-order valence-electron chi connectivity index (χ3n) is 9.65. The molecule has 1 N–H and O–H groups in total. The molecule has 4 bridgehead atoms. The SMILES string of the molecule is CC(C)(C)c1nsc(N2CCC(NC(=O)CC34CC5CC(CC(C5)C3)C4)C23CCCC3)n1. The third-order valence-corrected chi connectivity index (χ3v) is 10.4. The number of hydrogen-bond donors (Lipinski definition) is 1. The van der Waals surface area contributed by atoms with Crippen LogP contribution in [0.1, 0.15) is 104 Å². The van der Waals surface area contributed by atoms with Crippen molar-refractivity contribution in [3.63, 3.8) is 0 Å². The van der Waals surface area contributed by atoms with E-state index in [0.29, 0.717) is 11.3 Å². The molecule has 5 saturated carbocycles. The fourth-order valence-corrected chi connectivity index (χ4v) is 9.74. The quantitative estimate of drug-likeness (QED) is 0.654. The van der Waals surface area contributed by atoms with Gasteiger partial charge in [-0.1, -0.05) is 33.6 Å². The summed E-state index contributed by atoms with van der Waals surface area (Å²) < 4.78 is 4.70. The standard InChI is InChI=1S/C26H40N4OS/c1-24(2,3)22-28-23(32-29-22)30-9-6-20(26(30)7-4-5-8-26)27-21(31)16-25-13-17-10-18(14-25)12-19(11-17)15-25/h17-20H,4-16H2,1-3H3,(H,27,31). The molecule has 2 heterocycles. The first-order chi connectivity index (χ1) is 15.2. The van der Waals surface area contributed by atoms with E-state index in [-0.39, 0.29) is 17.0 Å². The highest BCUT2D eigenvalue weighted by Crippen LogP contribution is 2.61. The van der Waals surface area contributed by atoms with Crippen LogP contribution in [0.4, 0.5) is 5.13 Å². The monoisotopic (exact) mass is 456 g/mol. The molecule has 1 aliphatic heterocycles. The highest BCUT2D eigenvalue weighted by atomic mass is 32.1. The molecule has 1 aromatic rings. The van der Waals surface area contributed by atoms with Gasteiger partial charge in [-0.05, 0) is 81.0 Å². The molecule has 6 fully saturated rings. The number of nitrogens with zero attached hydrogens (tertiary/aromatic N) is 3. The van der Waals surface area contributed by atoms with Crippen molar-refractivity contribution in [3.8, 4) is 0 Å². The number of amides is 1. The molecule has 0 radical (unpaired) electrons. The Hall–Kier alpha value is -1.17. The average molecular weight is 457 g/mol. The lowest BCUT2D eigenvalue weighted by Crippen LogP contribution is -2.56. The van der Waals surface area contributed by atoms with Crippen LogP contribution in [0.5, 0.6) is 0 Å². The van der Waals surface area contributed by atoms with Gasteiger partial charge in [0.2, 0.25) is 11.0 Å². The highest BCUT2D eigenvalue weighted by Gasteiger charge is 2.54. The largest absolute Gasteiger partial charge is 0.351 e. The van der Waals surface area contributed by atoms with Crippen LogP contribution in [0.25, 0.3) is 0 Å². The number of carbonyl (C=O) groups excluding carboxylic acids is 1. The second kappa shape index (κ2) is 7.41. The van der Waals surface area contributed by atoms with Crippen molar-refractivity contribution in [1.29, 1.82) is 0 Å². The fraction of sp³-hybridized carbons (Fsp3) is 0.885. The molecule has 5 aliphatic carbocycles. The first kappa shape index (κ1) is 21.4. The Bertz CT molecular complexity index is 845. The Morgan fingerprint density at radius 2 is 1.72 bits per heavy atom. The van der Waals surface area contributed by atoms with E-state index in [2.05, 4.69) is 31.0 Å². The molecule has 6 heteroatoms. The lowest BCUT2D eigenvalue weighted by atomic mass is 9.49. The van der Waals surface area contributed by atoms with Crippen LogP contribution in [-0.4, -0.2) is 33.4 Å². The maximum absolute atomic E-state index is 13.4. The molecule has 1 amide bonds. The number of nitrogens with one attached hydrogen (secondary N) is 1. The van der Waals surface area contributed by atoms with Gasteiger partial charge in [0.05, 0.1) is 11.6 Å². The smallest absolute Gasteiger partial charge is 0.220 e. The normalized spacial score (nSPS) is 37.5. The van der Waals surface area contributed by atoms with Crippen LogP contribution in [0.2, 0.25) is 0 Å². The first-order valence-corrected chi connectivity index (χ1v) is 13.9. The molecule has 32 heavy (non-hydrogen) atoms. The summed E-state index contributed by atoms with van der Waals surface area (Å²) in [7, 11) is 0. The van der Waals surface area contributed by atoms with E-state index in [1.165, 1.54) is 64.2 Å². The molecule has 7 rings (SSSR count). The van der Waals surface area contributed by atoms with Gasteiger partial charge in [0.15, 0.2) is 0 Å². The molecule has 5 nitrogen and oxygen atoms in total. The van der Waals surface area contributed by atoms with E-state index in [1.54, 1.807) is 11.5 Å². The van der Waals surface area contributed by atoms with E-state index in [9.17, 15) is 4.79 Å². The number of hydrogen-bond acceptors (Lipinski definition) is 5. The Balaban J connectivity index is 1.18. The predicted molar refractivity (Wildman–Crippen MR) is 129 cm³/mol. The Morgan fingerprint density at radius 1 is 1.09 bits per heavy atom. The minimum absolute atomic E-state index is 0.0250. The zero-order chi connectivity index (χ0) is 22.1. The van der Waals surface area contributed by atoms with Crippen LogP contribution in [-0.2, 0) is 10.2 Å². The maximum atomic E-state index is 13.4. The molecular weight excluding hydrogens is 416 g/mol. The van der Waals surface area contributed by atoms with Crippen molar-refractivity contribution in [2.24, 2.45) is 23.2 Å². The summed E-state index contributed by atoms with van der Waals surface area (Å²) in [5, 5.41) is 4.66. The first-order valence-electron chi connectivity index (χ1n) is 13.2. The van der Waals surface area contributed by atoms with Crippen molar-refractivity contribution in [2.75, 3.05) is 11.4 Å². The molecular formula is C26H40N4OS. The van der Waals surface area contributed by atoms with E-state index < -0.39 is 0 Å². The summed E-state index contributed by atoms with van der Waals surface area (Å²) in [6.45, 7) is 7.53. The molecule has 1 spiro atoms. The Labute approximate surface area is 197 Å². The molecule has 1 aromatic heterocycles. The minimum Gasteiger partial charge on any atom is -0.351 e. The molecule has 0 aromatic carbocycles. The van der Waals surface area contributed by atoms with Crippen LogP contribution in [0.15, 0.2) is 0 Å². The molecule has 1 unspecified atom stereocenters. The summed E-state index contributed by atoms with van der Waals surface area (Å²) in [5.41, 5.74) is 0.343. The molecule has 176 valence electrons. The number of rotatable bonds is 4. The molecule has 1 saturated heterocycles. The predicted octanol–water partition coefficient (Wildman–Crippen LogP) is 5.45. The van der Waals surface area contributed by atoms with Gasteiger partial charge in [-0.25, -0.2) is 4.98 Å². The van der Waals surface area contributed by atoms with E-state index in [4.69, 9.17) is 9.36 Å². The van der Waals surface area contributed by atoms with E-state index in [1.807, 2.05) is 0 Å². The van der Waals surface area contributed by atoms with Crippen molar-refractivity contribution in [2.45, 2.75) is 115 Å². The van der Waals surface area contributed by atoms with Crippen LogP contribution in [0, 0.1) is 23.2 Å². The van der Waals surface area contributed by atoms with Gasteiger partial charge in [-0.2, -0.15) is 4.37 Å². The molecule has 6 aliphatic rings. The summed E-state index contributed by atoms with van der Waals surface area (Å²) >= 11 is 1.55. The summed E-state index contributed by atoms with van der Waals surface area (Å²) in [5.74, 6) is 4.00. The maximum Gasteiger partial charge on any atom is 0.220 e. The number of anilines is 1. The summed E-state index contributed by atoms with van der Waals surface area (Å²) in [6.07, 6.45) is 14.9. The second-order valence-corrected chi connectivity index (χ2v) is 13.8. The van der Waals surface area contributed by atoms with Gasteiger partial charge < -0.3 is 10.2 Å². The number of carbonyl (C=O) groups is 1. The Kier molecular flexibility index (Phi) is 4.95. The lowest BCUT2D eigenvalue weighted by Gasteiger charge is -2.56. The van der Waals surface area contributed by atoms with Crippen molar-refractivity contribution in [1.82, 2.24) is 14.7 Å². The van der Waals surface area contributed by atoms with E-state index >= 15 is 0 Å². The van der Waals surface area contributed by atoms with Crippen LogP contribution in [0.3, 0.4) is 0 Å². The van der Waals surface area contributed by atoms with Crippen molar-refractivity contribution >= 4 is 22.6 Å². The topological polar surface area (TPSA) is 58.1 Å². The highest BCUT2D eigenvalue weighted by molar-refractivity contribution is 7.09. The lowest BCUT2D eigenvalue weighted by molar-refractivity contribution is -0.130. The van der Waals surface area contributed by atoms with Gasteiger partial charge >= 0.3 is 0 Å². The van der Waals surface area contributed by atoms with Crippen molar-refractivity contribution in [3.05, 3.63) is 5.82 Å². The van der Waals surface area contributed by atoms with Crippen LogP contribution < -0.4 is 10.2 Å².